The average molecular weight is 286 g/mol. The fourth-order valence-corrected chi connectivity index (χ4v) is 3.78. The Kier molecular flexibility index (Phi) is 3.95. The maximum atomic E-state index is 10.7. The number of carboxylic acids is 1. The Labute approximate surface area is 125 Å². The van der Waals surface area contributed by atoms with Gasteiger partial charge in [-0.25, -0.2) is 9.78 Å². The summed E-state index contributed by atoms with van der Waals surface area (Å²) < 4.78 is 0. The predicted octanol–water partition coefficient (Wildman–Crippen LogP) is 3.34. The van der Waals surface area contributed by atoms with Crippen LogP contribution in [-0.2, 0) is 4.79 Å². The van der Waals surface area contributed by atoms with Gasteiger partial charge in [0.25, 0.3) is 0 Å². The highest BCUT2D eigenvalue weighted by Gasteiger charge is 2.37. The van der Waals surface area contributed by atoms with E-state index in [4.69, 9.17) is 5.11 Å². The minimum absolute atomic E-state index is 0.586. The number of aliphatic carboxylic acids is 1. The van der Waals surface area contributed by atoms with Crippen LogP contribution in [-0.4, -0.2) is 29.1 Å². The topological polar surface area (TPSA) is 53.4 Å². The van der Waals surface area contributed by atoms with Crippen LogP contribution in [0.2, 0.25) is 0 Å². The Bertz CT molecular complexity index is 537. The third-order valence-electron chi connectivity index (χ3n) is 5.01. The van der Waals surface area contributed by atoms with Gasteiger partial charge in [-0.2, -0.15) is 0 Å². The normalized spacial score (nSPS) is 21.2. The third kappa shape index (κ3) is 3.09. The monoisotopic (exact) mass is 286 g/mol. The zero-order chi connectivity index (χ0) is 14.7. The number of pyridine rings is 1. The van der Waals surface area contributed by atoms with Crippen molar-refractivity contribution in [3.63, 3.8) is 0 Å². The third-order valence-corrected chi connectivity index (χ3v) is 5.01. The summed E-state index contributed by atoms with van der Waals surface area (Å²) in [6.45, 7) is 2.07. The van der Waals surface area contributed by atoms with Crippen molar-refractivity contribution in [1.82, 2.24) is 4.98 Å². The van der Waals surface area contributed by atoms with Gasteiger partial charge in [0.2, 0.25) is 0 Å². The number of rotatable bonds is 3. The van der Waals surface area contributed by atoms with Crippen molar-refractivity contribution in [2.24, 2.45) is 5.41 Å². The molecular formula is C17H22N2O2. The van der Waals surface area contributed by atoms with Gasteiger partial charge in [-0.1, -0.05) is 12.8 Å². The molecule has 1 N–H and O–H groups in total. The number of carboxylic acid groups (broad SMARTS) is 1. The Balaban J connectivity index is 1.74. The van der Waals surface area contributed by atoms with Gasteiger partial charge >= 0.3 is 5.97 Å². The van der Waals surface area contributed by atoms with Crippen LogP contribution < -0.4 is 4.90 Å². The standard InChI is InChI=1S/C17H22N2O2/c20-15(21)6-5-14-4-3-11-18-16(14)19-12-9-17(10-13-19)7-1-2-8-17/h3-6,11H,1-2,7-10,12-13H2,(H,20,21)/b6-5+. The molecule has 4 nitrogen and oxygen atoms in total. The van der Waals surface area contributed by atoms with Crippen molar-refractivity contribution in [3.8, 4) is 0 Å². The second-order valence-corrected chi connectivity index (χ2v) is 6.28. The van der Waals surface area contributed by atoms with Crippen LogP contribution in [0, 0.1) is 5.41 Å². The van der Waals surface area contributed by atoms with Crippen molar-refractivity contribution in [1.29, 1.82) is 0 Å². The van der Waals surface area contributed by atoms with Crippen molar-refractivity contribution in [2.45, 2.75) is 38.5 Å². The minimum atomic E-state index is -0.923. The molecule has 0 amide bonds. The van der Waals surface area contributed by atoms with Crippen LogP contribution in [0.5, 0.6) is 0 Å². The van der Waals surface area contributed by atoms with Crippen LogP contribution in [0.3, 0.4) is 0 Å². The molecule has 21 heavy (non-hydrogen) atoms. The number of anilines is 1. The zero-order valence-electron chi connectivity index (χ0n) is 12.3. The van der Waals surface area contributed by atoms with E-state index < -0.39 is 5.97 Å². The quantitative estimate of drug-likeness (QED) is 0.866. The molecule has 1 aliphatic carbocycles. The van der Waals surface area contributed by atoms with Gasteiger partial charge in [0.1, 0.15) is 5.82 Å². The highest BCUT2D eigenvalue weighted by Crippen LogP contribution is 2.46. The number of nitrogens with zero attached hydrogens (tertiary/aromatic N) is 2. The maximum absolute atomic E-state index is 10.7. The minimum Gasteiger partial charge on any atom is -0.478 e. The average Bonchev–Trinajstić information content (AvgIpc) is 2.95. The van der Waals surface area contributed by atoms with Gasteiger partial charge in [-0.3, -0.25) is 0 Å². The first-order chi connectivity index (χ1) is 10.2. The maximum Gasteiger partial charge on any atom is 0.328 e. The van der Waals surface area contributed by atoms with Crippen molar-refractivity contribution in [2.75, 3.05) is 18.0 Å². The molecule has 0 aromatic carbocycles. The fraction of sp³-hybridized carbons (Fsp3) is 0.529. The molecule has 2 heterocycles. The van der Waals surface area contributed by atoms with E-state index in [1.54, 1.807) is 12.3 Å². The summed E-state index contributed by atoms with van der Waals surface area (Å²) in [5, 5.41) is 8.79. The van der Waals surface area contributed by atoms with Crippen molar-refractivity contribution < 1.29 is 9.90 Å². The largest absolute Gasteiger partial charge is 0.478 e. The van der Waals surface area contributed by atoms with Crippen LogP contribution in [0.25, 0.3) is 6.08 Å². The number of carbonyl (C=O) groups is 1. The SMILES string of the molecule is O=C(O)/C=C/c1cccnc1N1CCC2(CCCC2)CC1. The first-order valence-corrected chi connectivity index (χ1v) is 7.80. The van der Waals surface area contributed by atoms with Crippen LogP contribution in [0.15, 0.2) is 24.4 Å². The summed E-state index contributed by atoms with van der Waals surface area (Å²) in [7, 11) is 0. The van der Waals surface area contributed by atoms with E-state index in [0.29, 0.717) is 5.41 Å². The lowest BCUT2D eigenvalue weighted by Gasteiger charge is -2.40. The van der Waals surface area contributed by atoms with E-state index in [0.717, 1.165) is 24.5 Å². The van der Waals surface area contributed by atoms with Crippen LogP contribution in [0.1, 0.15) is 44.1 Å². The molecule has 0 atom stereocenters. The lowest BCUT2D eigenvalue weighted by atomic mass is 9.77. The zero-order valence-corrected chi connectivity index (χ0v) is 12.3. The van der Waals surface area contributed by atoms with E-state index >= 15 is 0 Å². The molecule has 1 aromatic heterocycles. The summed E-state index contributed by atoms with van der Waals surface area (Å²) in [4.78, 5) is 17.5. The first-order valence-electron chi connectivity index (χ1n) is 7.80. The molecule has 2 fully saturated rings. The highest BCUT2D eigenvalue weighted by molar-refractivity contribution is 5.86. The smallest absolute Gasteiger partial charge is 0.328 e. The number of aromatic nitrogens is 1. The molecule has 3 rings (SSSR count). The Morgan fingerprint density at radius 2 is 1.95 bits per heavy atom. The summed E-state index contributed by atoms with van der Waals surface area (Å²) in [5.41, 5.74) is 1.48. The van der Waals surface area contributed by atoms with E-state index in [1.807, 2.05) is 12.1 Å². The van der Waals surface area contributed by atoms with Gasteiger partial charge in [-0.15, -0.1) is 0 Å². The molecule has 1 spiro atoms. The highest BCUT2D eigenvalue weighted by atomic mass is 16.4. The van der Waals surface area contributed by atoms with Crippen molar-refractivity contribution in [3.05, 3.63) is 30.0 Å². The molecule has 1 saturated carbocycles. The van der Waals surface area contributed by atoms with Crippen LogP contribution >= 0.6 is 0 Å². The summed E-state index contributed by atoms with van der Waals surface area (Å²) in [5.74, 6) is -0.00352. The van der Waals surface area contributed by atoms with Gasteiger partial charge in [0.15, 0.2) is 0 Å². The first kappa shape index (κ1) is 14.1. The Morgan fingerprint density at radius 1 is 1.24 bits per heavy atom. The van der Waals surface area contributed by atoms with Gasteiger partial charge in [0, 0.05) is 30.9 Å². The lowest BCUT2D eigenvalue weighted by molar-refractivity contribution is -0.131. The number of piperidine rings is 1. The van der Waals surface area contributed by atoms with Crippen molar-refractivity contribution >= 4 is 17.9 Å². The van der Waals surface area contributed by atoms with E-state index in [1.165, 1.54) is 44.6 Å². The second-order valence-electron chi connectivity index (χ2n) is 6.28. The summed E-state index contributed by atoms with van der Waals surface area (Å²) in [6.07, 6.45) is 12.6. The van der Waals surface area contributed by atoms with Gasteiger partial charge < -0.3 is 10.0 Å². The Hall–Kier alpha value is -1.84. The molecule has 0 bridgehead atoms. The molecule has 0 unspecified atom stereocenters. The van der Waals surface area contributed by atoms with E-state index in [2.05, 4.69) is 9.88 Å². The predicted molar refractivity (Wildman–Crippen MR) is 83.3 cm³/mol. The molecule has 1 aliphatic heterocycles. The number of hydrogen-bond donors (Lipinski definition) is 1. The van der Waals surface area contributed by atoms with Gasteiger partial charge in [0.05, 0.1) is 0 Å². The molecule has 112 valence electrons. The molecule has 1 saturated heterocycles. The lowest BCUT2D eigenvalue weighted by Crippen LogP contribution is -2.39. The summed E-state index contributed by atoms with van der Waals surface area (Å²) >= 11 is 0. The fourth-order valence-electron chi connectivity index (χ4n) is 3.78. The molecule has 2 aliphatic rings. The Morgan fingerprint density at radius 3 is 2.62 bits per heavy atom. The molecule has 0 radical (unpaired) electrons. The molecule has 1 aromatic rings. The van der Waals surface area contributed by atoms with Gasteiger partial charge in [-0.05, 0) is 49.3 Å². The van der Waals surface area contributed by atoms with Crippen LogP contribution in [0.4, 0.5) is 5.82 Å². The molecular weight excluding hydrogens is 264 g/mol. The molecule has 4 heteroatoms. The second kappa shape index (κ2) is 5.88. The van der Waals surface area contributed by atoms with E-state index in [-0.39, 0.29) is 0 Å². The summed E-state index contributed by atoms with van der Waals surface area (Å²) in [6, 6.07) is 3.79. The van der Waals surface area contributed by atoms with E-state index in [9.17, 15) is 4.79 Å². The number of hydrogen-bond acceptors (Lipinski definition) is 3.